The van der Waals surface area contributed by atoms with E-state index < -0.39 is 11.7 Å². The average Bonchev–Trinajstić information content (AvgIpc) is 3.28. The predicted molar refractivity (Wildman–Crippen MR) is 161 cm³/mol. The van der Waals surface area contributed by atoms with Crippen LogP contribution in [0.4, 0.5) is 27.8 Å². The van der Waals surface area contributed by atoms with Crippen LogP contribution in [0.25, 0.3) is 0 Å². The zero-order chi connectivity index (χ0) is 29.1. The van der Waals surface area contributed by atoms with Crippen LogP contribution in [0.1, 0.15) is 43.0 Å². The van der Waals surface area contributed by atoms with Gasteiger partial charge in [0.2, 0.25) is 5.91 Å². The molecule has 1 aromatic heterocycles. The lowest BCUT2D eigenvalue weighted by atomic mass is 10.1. The van der Waals surface area contributed by atoms with Gasteiger partial charge in [-0.3, -0.25) is 14.6 Å². The lowest BCUT2D eigenvalue weighted by Gasteiger charge is -2.27. The molecule has 3 aromatic carbocycles. The van der Waals surface area contributed by atoms with Crippen molar-refractivity contribution in [1.29, 1.82) is 0 Å². The summed E-state index contributed by atoms with van der Waals surface area (Å²) in [5.41, 5.74) is 4.62. The maximum absolute atomic E-state index is 13.6. The van der Waals surface area contributed by atoms with Crippen molar-refractivity contribution in [3.05, 3.63) is 107 Å². The first-order valence-corrected chi connectivity index (χ1v) is 13.7. The molecule has 0 fully saturated rings. The number of amides is 2. The molecule has 41 heavy (non-hydrogen) atoms. The van der Waals surface area contributed by atoms with E-state index in [1.165, 1.54) is 11.2 Å². The van der Waals surface area contributed by atoms with Crippen LogP contribution in [0, 0.1) is 6.92 Å². The zero-order valence-corrected chi connectivity index (χ0v) is 24.2. The van der Waals surface area contributed by atoms with Crippen LogP contribution in [0.15, 0.2) is 85.2 Å². The number of carbonyl (C=O) groups excluding carboxylic acids is 2. The van der Waals surface area contributed by atoms with Crippen LogP contribution in [0.5, 0.6) is 0 Å². The third-order valence-corrected chi connectivity index (χ3v) is 6.91. The summed E-state index contributed by atoms with van der Waals surface area (Å²) >= 11 is 0. The highest BCUT2D eigenvalue weighted by Gasteiger charge is 2.35. The van der Waals surface area contributed by atoms with E-state index in [9.17, 15) is 9.59 Å². The summed E-state index contributed by atoms with van der Waals surface area (Å²) in [6, 6.07) is 26.0. The van der Waals surface area contributed by atoms with E-state index >= 15 is 0 Å². The van der Waals surface area contributed by atoms with E-state index in [1.807, 2.05) is 82.3 Å². The topological polar surface area (TPSA) is 78.9 Å². The van der Waals surface area contributed by atoms with Gasteiger partial charge in [-0.05, 0) is 56.5 Å². The smallest absolute Gasteiger partial charge is 0.414 e. The number of aryl methyl sites for hydroxylation is 1. The van der Waals surface area contributed by atoms with Gasteiger partial charge in [0, 0.05) is 31.4 Å². The van der Waals surface area contributed by atoms with E-state index in [-0.39, 0.29) is 12.3 Å². The van der Waals surface area contributed by atoms with Gasteiger partial charge in [0.05, 0.1) is 12.1 Å². The first-order valence-electron chi connectivity index (χ1n) is 13.7. The van der Waals surface area contributed by atoms with Gasteiger partial charge in [-0.25, -0.2) is 14.8 Å². The molecule has 8 heteroatoms. The summed E-state index contributed by atoms with van der Waals surface area (Å²) in [5.74, 6) is 1.20. The van der Waals surface area contributed by atoms with Crippen LogP contribution in [0.2, 0.25) is 0 Å². The molecular weight excluding hydrogens is 514 g/mol. The maximum Gasteiger partial charge on any atom is 0.414 e. The van der Waals surface area contributed by atoms with Crippen molar-refractivity contribution in [2.45, 2.75) is 52.8 Å². The molecule has 0 aliphatic carbocycles. The van der Waals surface area contributed by atoms with Gasteiger partial charge in [0.15, 0.2) is 0 Å². The summed E-state index contributed by atoms with van der Waals surface area (Å²) in [5, 5.41) is 0. The molecule has 1 aliphatic rings. The first kappa shape index (κ1) is 27.8. The molecule has 2 heterocycles. The van der Waals surface area contributed by atoms with Crippen LogP contribution in [-0.2, 0) is 29.0 Å². The first-order chi connectivity index (χ1) is 19.6. The quantitative estimate of drug-likeness (QED) is 0.259. The van der Waals surface area contributed by atoms with Gasteiger partial charge in [-0.2, -0.15) is 0 Å². The number of hydrogen-bond donors (Lipinski definition) is 0. The predicted octanol–water partition coefficient (Wildman–Crippen LogP) is 6.58. The Morgan fingerprint density at radius 2 is 1.54 bits per heavy atom. The Hall–Kier alpha value is -4.72. The van der Waals surface area contributed by atoms with Crippen molar-refractivity contribution < 1.29 is 14.3 Å². The summed E-state index contributed by atoms with van der Waals surface area (Å²) in [7, 11) is 1.66. The molecule has 2 amide bonds. The molecule has 0 bridgehead atoms. The lowest BCUT2D eigenvalue weighted by molar-refractivity contribution is -0.116. The minimum absolute atomic E-state index is 0.0960. The van der Waals surface area contributed by atoms with Crippen LogP contribution in [-0.4, -0.2) is 34.6 Å². The number of aromatic nitrogens is 2. The Morgan fingerprint density at radius 1 is 0.927 bits per heavy atom. The fourth-order valence-electron chi connectivity index (χ4n) is 4.91. The summed E-state index contributed by atoms with van der Waals surface area (Å²) < 4.78 is 5.55. The Balaban J connectivity index is 1.52. The van der Waals surface area contributed by atoms with Gasteiger partial charge in [-0.15, -0.1) is 0 Å². The molecule has 0 unspecified atom stereocenters. The van der Waals surface area contributed by atoms with Crippen molar-refractivity contribution in [2.24, 2.45) is 0 Å². The van der Waals surface area contributed by atoms with Crippen molar-refractivity contribution in [2.75, 3.05) is 21.7 Å². The minimum Gasteiger partial charge on any atom is -0.443 e. The molecule has 0 spiro atoms. The number of ether oxygens (including phenoxy) is 1. The molecule has 0 radical (unpaired) electrons. The SMILES string of the molecule is Cc1ccc(N(C)C(=O)OC(C)(C)C)cc1N1C(=O)Cc2c(N(Cc3ccccc3)Cc3ccccc3)ncnc21. The fourth-order valence-corrected chi connectivity index (χ4v) is 4.91. The third kappa shape index (κ3) is 6.22. The molecule has 8 nitrogen and oxygen atoms in total. The van der Waals surface area contributed by atoms with Gasteiger partial charge in [0.25, 0.3) is 0 Å². The van der Waals surface area contributed by atoms with E-state index in [1.54, 1.807) is 11.9 Å². The van der Waals surface area contributed by atoms with Crippen LogP contribution in [0.3, 0.4) is 0 Å². The van der Waals surface area contributed by atoms with E-state index in [0.717, 1.165) is 28.1 Å². The third-order valence-electron chi connectivity index (χ3n) is 6.91. The van der Waals surface area contributed by atoms with E-state index in [2.05, 4.69) is 34.1 Å². The fraction of sp³-hybridized carbons (Fsp3) is 0.273. The molecule has 210 valence electrons. The van der Waals surface area contributed by atoms with Gasteiger partial charge >= 0.3 is 6.09 Å². The molecule has 4 aromatic rings. The Kier molecular flexibility index (Phi) is 7.75. The Labute approximate surface area is 241 Å². The average molecular weight is 550 g/mol. The van der Waals surface area contributed by atoms with Gasteiger partial charge in [-0.1, -0.05) is 66.7 Å². The zero-order valence-electron chi connectivity index (χ0n) is 24.2. The van der Waals surface area contributed by atoms with Crippen LogP contribution < -0.4 is 14.7 Å². The standard InChI is InChI=1S/C33H35N5O3/c1-23-16-17-26(36(5)32(40)41-33(2,3)4)18-28(23)38-29(39)19-27-30(34-22-35-31(27)38)37(20-24-12-8-6-9-13-24)21-25-14-10-7-11-15-25/h6-18,22H,19-21H2,1-5H3. The maximum atomic E-state index is 13.6. The normalized spacial score (nSPS) is 12.7. The summed E-state index contributed by atoms with van der Waals surface area (Å²) in [6.45, 7) is 8.68. The second kappa shape index (κ2) is 11.4. The second-order valence-electron chi connectivity index (χ2n) is 11.2. The molecule has 0 atom stereocenters. The number of carbonyl (C=O) groups is 2. The largest absolute Gasteiger partial charge is 0.443 e. The van der Waals surface area contributed by atoms with Crippen LogP contribution >= 0.6 is 0 Å². The second-order valence-corrected chi connectivity index (χ2v) is 11.2. The van der Waals surface area contributed by atoms with E-state index in [0.29, 0.717) is 30.3 Å². The van der Waals surface area contributed by atoms with Gasteiger partial charge < -0.3 is 9.64 Å². The molecule has 0 N–H and O–H groups in total. The number of nitrogens with zero attached hydrogens (tertiary/aromatic N) is 5. The number of hydrogen-bond acceptors (Lipinski definition) is 6. The van der Waals surface area contributed by atoms with Crippen molar-refractivity contribution in [1.82, 2.24) is 9.97 Å². The number of benzene rings is 3. The number of rotatable bonds is 7. The molecule has 1 aliphatic heterocycles. The monoisotopic (exact) mass is 549 g/mol. The van der Waals surface area contributed by atoms with Gasteiger partial charge in [0.1, 0.15) is 23.6 Å². The highest BCUT2D eigenvalue weighted by molar-refractivity contribution is 6.08. The highest BCUT2D eigenvalue weighted by atomic mass is 16.6. The molecular formula is C33H35N5O3. The Morgan fingerprint density at radius 3 is 2.12 bits per heavy atom. The molecule has 0 saturated heterocycles. The number of anilines is 4. The van der Waals surface area contributed by atoms with Crippen molar-refractivity contribution >= 4 is 35.0 Å². The molecule has 0 saturated carbocycles. The molecule has 5 rings (SSSR count). The van der Waals surface area contributed by atoms with Crippen molar-refractivity contribution in [3.8, 4) is 0 Å². The summed E-state index contributed by atoms with van der Waals surface area (Å²) in [4.78, 5) is 40.9. The lowest BCUT2D eigenvalue weighted by Crippen LogP contribution is -2.34. The summed E-state index contributed by atoms with van der Waals surface area (Å²) in [6.07, 6.45) is 1.23. The Bertz CT molecular complexity index is 1510. The number of fused-ring (bicyclic) bond motifs is 1. The minimum atomic E-state index is -0.624. The highest BCUT2D eigenvalue weighted by Crippen LogP contribution is 2.40. The van der Waals surface area contributed by atoms with E-state index in [4.69, 9.17) is 9.72 Å². The van der Waals surface area contributed by atoms with Crippen molar-refractivity contribution in [3.63, 3.8) is 0 Å².